The van der Waals surface area contributed by atoms with Gasteiger partial charge in [-0.1, -0.05) is 24.6 Å². The first kappa shape index (κ1) is 21.6. The van der Waals surface area contributed by atoms with E-state index in [1.54, 1.807) is 26.0 Å². The number of hydrogen-bond donors (Lipinski definition) is 2. The Morgan fingerprint density at radius 2 is 1.43 bits per heavy atom. The van der Waals surface area contributed by atoms with Crippen LogP contribution in [0.5, 0.6) is 11.5 Å². The van der Waals surface area contributed by atoms with E-state index in [-0.39, 0.29) is 4.90 Å². The number of amides is 2. The number of sulfonamides is 1. The monoisotopic (exact) mass is 404 g/mol. The van der Waals surface area contributed by atoms with Crippen molar-refractivity contribution < 1.29 is 22.7 Å². The second-order valence-corrected chi connectivity index (χ2v) is 8.34. The van der Waals surface area contributed by atoms with Crippen molar-refractivity contribution in [2.45, 2.75) is 38.6 Å². The molecule has 0 aliphatic carbocycles. The van der Waals surface area contributed by atoms with Gasteiger partial charge in [-0.3, -0.25) is 14.9 Å². The molecule has 7 nitrogen and oxygen atoms in total. The smallest absolute Gasteiger partial charge is 0.240 e. The molecule has 0 aromatic heterocycles. The van der Waals surface area contributed by atoms with E-state index in [4.69, 9.17) is 4.74 Å². The Morgan fingerprint density at radius 1 is 0.929 bits per heavy atom. The number of carbonyl (C=O) groups excluding carboxylic acids is 2. The van der Waals surface area contributed by atoms with Crippen LogP contribution in [-0.4, -0.2) is 26.3 Å². The predicted octanol–water partition coefficient (Wildman–Crippen LogP) is 2.75. The number of carbonyl (C=O) groups is 2. The van der Waals surface area contributed by atoms with E-state index in [9.17, 15) is 18.0 Å². The first-order valence-electron chi connectivity index (χ1n) is 8.77. The molecule has 2 amide bonds. The Kier molecular flexibility index (Phi) is 6.93. The highest BCUT2D eigenvalue weighted by molar-refractivity contribution is 7.89. The topological polar surface area (TPSA) is 102 Å². The molecular formula is C20H24N2O5S. The maximum atomic E-state index is 12.5. The molecule has 0 heterocycles. The van der Waals surface area contributed by atoms with Crippen molar-refractivity contribution in [3.63, 3.8) is 0 Å². The number of imide groups is 1. The van der Waals surface area contributed by atoms with Crippen molar-refractivity contribution in [2.24, 2.45) is 5.92 Å². The van der Waals surface area contributed by atoms with Crippen LogP contribution in [0.15, 0.2) is 53.4 Å². The van der Waals surface area contributed by atoms with Crippen LogP contribution < -0.4 is 14.8 Å². The third-order valence-corrected chi connectivity index (χ3v) is 5.77. The second kappa shape index (κ2) is 8.99. The Balaban J connectivity index is 2.05. The van der Waals surface area contributed by atoms with E-state index in [2.05, 4.69) is 10.0 Å². The van der Waals surface area contributed by atoms with E-state index in [1.165, 1.54) is 19.1 Å². The molecule has 28 heavy (non-hydrogen) atoms. The number of rotatable bonds is 7. The lowest BCUT2D eigenvalue weighted by molar-refractivity contribution is -0.131. The van der Waals surface area contributed by atoms with Crippen molar-refractivity contribution in [3.8, 4) is 11.5 Å². The fourth-order valence-corrected chi connectivity index (χ4v) is 3.68. The molecule has 150 valence electrons. The lowest BCUT2D eigenvalue weighted by Crippen LogP contribution is -2.44. The number of aryl methyl sites for hydroxylation is 1. The summed E-state index contributed by atoms with van der Waals surface area (Å²) in [6, 6.07) is 12.8. The Hall–Kier alpha value is -2.71. The summed E-state index contributed by atoms with van der Waals surface area (Å²) in [5.74, 6) is -0.591. The van der Waals surface area contributed by atoms with Gasteiger partial charge in [0.05, 0.1) is 10.8 Å². The van der Waals surface area contributed by atoms with E-state index in [0.717, 1.165) is 5.56 Å². The average Bonchev–Trinajstić information content (AvgIpc) is 2.62. The molecule has 0 radical (unpaired) electrons. The molecule has 2 aromatic rings. The summed E-state index contributed by atoms with van der Waals surface area (Å²) >= 11 is 0. The van der Waals surface area contributed by atoms with Crippen molar-refractivity contribution in [1.29, 1.82) is 0 Å². The Labute approximate surface area is 165 Å². The summed E-state index contributed by atoms with van der Waals surface area (Å²) in [7, 11) is -3.83. The van der Waals surface area contributed by atoms with Gasteiger partial charge in [0.15, 0.2) is 0 Å². The summed E-state index contributed by atoms with van der Waals surface area (Å²) in [4.78, 5) is 22.9. The molecule has 0 saturated heterocycles. The van der Waals surface area contributed by atoms with Crippen molar-refractivity contribution in [1.82, 2.24) is 10.0 Å². The molecule has 0 aliphatic rings. The quantitative estimate of drug-likeness (QED) is 0.739. The minimum atomic E-state index is -3.83. The molecule has 2 aromatic carbocycles. The summed E-state index contributed by atoms with van der Waals surface area (Å²) in [5.41, 5.74) is 1.11. The fraction of sp³-hybridized carbons (Fsp3) is 0.300. The van der Waals surface area contributed by atoms with Gasteiger partial charge in [0.25, 0.3) is 0 Å². The Bertz CT molecular complexity index is 938. The molecule has 0 unspecified atom stereocenters. The van der Waals surface area contributed by atoms with E-state index >= 15 is 0 Å². The normalized spacial score (nSPS) is 13.4. The molecule has 0 fully saturated rings. The van der Waals surface area contributed by atoms with Crippen LogP contribution in [0, 0.1) is 12.8 Å². The van der Waals surface area contributed by atoms with Crippen LogP contribution in [0.4, 0.5) is 0 Å². The van der Waals surface area contributed by atoms with Crippen LogP contribution >= 0.6 is 0 Å². The Morgan fingerprint density at radius 3 is 1.93 bits per heavy atom. The zero-order valence-electron chi connectivity index (χ0n) is 16.2. The minimum absolute atomic E-state index is 0.0507. The van der Waals surface area contributed by atoms with Gasteiger partial charge in [-0.25, -0.2) is 13.1 Å². The second-order valence-electron chi connectivity index (χ2n) is 6.63. The third-order valence-electron chi connectivity index (χ3n) is 4.19. The standard InChI is InChI=1S/C20H24N2O5S/c1-13-5-7-17(8-6-13)27-18-9-11-19(12-10-18)28(25,26)22-15(3)14(2)20(24)21-16(4)23/h5-12,14-15,22H,1-4H3,(H,21,23,24)/t14-,15+/m0/s1. The molecule has 8 heteroatoms. The number of hydrogen-bond acceptors (Lipinski definition) is 5. The van der Waals surface area contributed by atoms with E-state index in [1.807, 2.05) is 31.2 Å². The van der Waals surface area contributed by atoms with Gasteiger partial charge in [0.2, 0.25) is 21.8 Å². The van der Waals surface area contributed by atoms with Crippen molar-refractivity contribution >= 4 is 21.8 Å². The van der Waals surface area contributed by atoms with Gasteiger partial charge in [0.1, 0.15) is 11.5 Å². The maximum Gasteiger partial charge on any atom is 0.240 e. The molecule has 0 saturated carbocycles. The first-order valence-corrected chi connectivity index (χ1v) is 10.2. The van der Waals surface area contributed by atoms with E-state index in [0.29, 0.717) is 11.5 Å². The van der Waals surface area contributed by atoms with Crippen molar-refractivity contribution in [2.75, 3.05) is 0 Å². The van der Waals surface area contributed by atoms with Gasteiger partial charge in [0, 0.05) is 13.0 Å². The highest BCUT2D eigenvalue weighted by Crippen LogP contribution is 2.23. The molecule has 0 bridgehead atoms. The molecule has 0 aliphatic heterocycles. The molecular weight excluding hydrogens is 380 g/mol. The zero-order chi connectivity index (χ0) is 20.9. The SMILES string of the molecule is CC(=O)NC(=O)[C@@H](C)[C@@H](C)NS(=O)(=O)c1ccc(Oc2ccc(C)cc2)cc1. The molecule has 2 rings (SSSR count). The van der Waals surface area contributed by atoms with Crippen LogP contribution in [0.2, 0.25) is 0 Å². The number of ether oxygens (including phenoxy) is 1. The van der Waals surface area contributed by atoms with Crippen LogP contribution in [0.3, 0.4) is 0 Å². The highest BCUT2D eigenvalue weighted by Gasteiger charge is 2.26. The number of benzene rings is 2. The van der Waals surface area contributed by atoms with Crippen LogP contribution in [0.1, 0.15) is 26.3 Å². The summed E-state index contributed by atoms with van der Waals surface area (Å²) in [6.45, 7) is 6.31. The summed E-state index contributed by atoms with van der Waals surface area (Å²) in [6.07, 6.45) is 0. The minimum Gasteiger partial charge on any atom is -0.457 e. The lowest BCUT2D eigenvalue weighted by Gasteiger charge is -2.20. The molecule has 0 spiro atoms. The average molecular weight is 404 g/mol. The largest absolute Gasteiger partial charge is 0.457 e. The molecule has 2 atom stereocenters. The third kappa shape index (κ3) is 5.90. The van der Waals surface area contributed by atoms with Gasteiger partial charge in [-0.05, 0) is 50.2 Å². The number of nitrogens with one attached hydrogen (secondary N) is 2. The maximum absolute atomic E-state index is 12.5. The van der Waals surface area contributed by atoms with Gasteiger partial charge >= 0.3 is 0 Å². The summed E-state index contributed by atoms with van der Waals surface area (Å²) < 4.78 is 33.2. The lowest BCUT2D eigenvalue weighted by atomic mass is 10.0. The zero-order valence-corrected chi connectivity index (χ0v) is 17.0. The predicted molar refractivity (Wildman–Crippen MR) is 105 cm³/mol. The fourth-order valence-electron chi connectivity index (χ4n) is 2.36. The summed E-state index contributed by atoms with van der Waals surface area (Å²) in [5, 5.41) is 2.15. The highest BCUT2D eigenvalue weighted by atomic mass is 32.2. The van der Waals surface area contributed by atoms with E-state index < -0.39 is 33.8 Å². The van der Waals surface area contributed by atoms with Crippen LogP contribution in [0.25, 0.3) is 0 Å². The van der Waals surface area contributed by atoms with Crippen molar-refractivity contribution in [3.05, 3.63) is 54.1 Å². The first-order chi connectivity index (χ1) is 13.1. The molecule has 2 N–H and O–H groups in total. The van der Waals surface area contributed by atoms with Gasteiger partial charge in [-0.15, -0.1) is 0 Å². The van der Waals surface area contributed by atoms with Gasteiger partial charge < -0.3 is 4.74 Å². The van der Waals surface area contributed by atoms with Crippen LogP contribution in [-0.2, 0) is 19.6 Å². The van der Waals surface area contributed by atoms with Gasteiger partial charge in [-0.2, -0.15) is 0 Å².